The van der Waals surface area contributed by atoms with Crippen LogP contribution in [0.5, 0.6) is 0 Å². The van der Waals surface area contributed by atoms with Crippen LogP contribution in [0.1, 0.15) is 24.3 Å². The molecule has 0 bridgehead atoms. The van der Waals surface area contributed by atoms with Crippen LogP contribution >= 0.6 is 28.3 Å². The van der Waals surface area contributed by atoms with E-state index in [9.17, 15) is 0 Å². The molecule has 1 aromatic rings. The van der Waals surface area contributed by atoms with Crippen LogP contribution in [0.3, 0.4) is 0 Å². The second-order valence-electron chi connectivity index (χ2n) is 3.58. The van der Waals surface area contributed by atoms with Crippen molar-refractivity contribution in [2.24, 2.45) is 0 Å². The Labute approximate surface area is 99.8 Å². The Morgan fingerprint density at radius 1 is 1.07 bits per heavy atom. The summed E-state index contributed by atoms with van der Waals surface area (Å²) < 4.78 is 1.17. The summed E-state index contributed by atoms with van der Waals surface area (Å²) in [7, 11) is 0. The van der Waals surface area contributed by atoms with Gasteiger partial charge in [-0.05, 0) is 49.5 Å². The molecule has 1 nitrogen and oxygen atoms in total. The molecule has 0 spiro atoms. The SMILES string of the molecule is Brc1ccc(C2CCNCC2)cc1.Cl. The monoisotopic (exact) mass is 275 g/mol. The van der Waals surface area contributed by atoms with E-state index in [1.165, 1.54) is 36.0 Å². The largest absolute Gasteiger partial charge is 0.317 e. The molecule has 1 aliphatic rings. The summed E-state index contributed by atoms with van der Waals surface area (Å²) in [6.45, 7) is 2.33. The lowest BCUT2D eigenvalue weighted by Crippen LogP contribution is -2.26. The fourth-order valence-corrected chi connectivity index (χ4v) is 2.15. The third-order valence-corrected chi connectivity index (χ3v) is 3.21. The van der Waals surface area contributed by atoms with Crippen molar-refractivity contribution in [3.63, 3.8) is 0 Å². The molecule has 1 fully saturated rings. The zero-order chi connectivity index (χ0) is 9.10. The average molecular weight is 277 g/mol. The summed E-state index contributed by atoms with van der Waals surface area (Å²) in [5.41, 5.74) is 1.49. The molecule has 1 N–H and O–H groups in total. The maximum Gasteiger partial charge on any atom is 0.0175 e. The van der Waals surface area contributed by atoms with Crippen molar-refractivity contribution in [3.05, 3.63) is 34.3 Å². The van der Waals surface area contributed by atoms with E-state index in [1.807, 2.05) is 0 Å². The van der Waals surface area contributed by atoms with Gasteiger partial charge in [-0.25, -0.2) is 0 Å². The summed E-state index contributed by atoms with van der Waals surface area (Å²) in [5, 5.41) is 3.39. The van der Waals surface area contributed by atoms with Crippen LogP contribution in [0.2, 0.25) is 0 Å². The molecule has 0 radical (unpaired) electrons. The van der Waals surface area contributed by atoms with Crippen LogP contribution in [0.25, 0.3) is 0 Å². The Morgan fingerprint density at radius 2 is 1.64 bits per heavy atom. The van der Waals surface area contributed by atoms with Gasteiger partial charge in [0.1, 0.15) is 0 Å². The minimum Gasteiger partial charge on any atom is -0.317 e. The zero-order valence-corrected chi connectivity index (χ0v) is 10.4. The van der Waals surface area contributed by atoms with Gasteiger partial charge in [-0.15, -0.1) is 12.4 Å². The molecule has 0 atom stereocenters. The van der Waals surface area contributed by atoms with Crippen molar-refractivity contribution in [1.29, 1.82) is 0 Å². The third-order valence-electron chi connectivity index (χ3n) is 2.68. The maximum absolute atomic E-state index is 3.46. The maximum atomic E-state index is 3.46. The van der Waals surface area contributed by atoms with Gasteiger partial charge in [-0.2, -0.15) is 0 Å². The van der Waals surface area contributed by atoms with Crippen molar-refractivity contribution >= 4 is 28.3 Å². The summed E-state index contributed by atoms with van der Waals surface area (Å²) >= 11 is 3.46. The Kier molecular flexibility index (Phi) is 4.93. The predicted molar refractivity (Wildman–Crippen MR) is 66.2 cm³/mol. The molecule has 14 heavy (non-hydrogen) atoms. The molecule has 1 saturated heterocycles. The molecule has 3 heteroatoms. The summed E-state index contributed by atoms with van der Waals surface area (Å²) in [6.07, 6.45) is 2.56. The second kappa shape index (κ2) is 5.74. The lowest BCUT2D eigenvalue weighted by molar-refractivity contribution is 0.460. The molecular weight excluding hydrogens is 261 g/mol. The minimum absolute atomic E-state index is 0. The van der Waals surface area contributed by atoms with E-state index in [1.54, 1.807) is 0 Å². The number of nitrogens with one attached hydrogen (secondary N) is 1. The van der Waals surface area contributed by atoms with Crippen molar-refractivity contribution in [1.82, 2.24) is 5.32 Å². The minimum atomic E-state index is 0. The molecule has 1 aliphatic heterocycles. The Morgan fingerprint density at radius 3 is 2.21 bits per heavy atom. The normalized spacial score (nSPS) is 17.5. The highest BCUT2D eigenvalue weighted by atomic mass is 79.9. The van der Waals surface area contributed by atoms with E-state index in [-0.39, 0.29) is 12.4 Å². The number of hydrogen-bond acceptors (Lipinski definition) is 1. The Balaban J connectivity index is 0.000000980. The predicted octanol–water partition coefficient (Wildman–Crippen LogP) is 3.34. The molecule has 0 saturated carbocycles. The number of rotatable bonds is 1. The van der Waals surface area contributed by atoms with E-state index in [0.29, 0.717) is 0 Å². The van der Waals surface area contributed by atoms with Crippen molar-refractivity contribution < 1.29 is 0 Å². The highest BCUT2D eigenvalue weighted by Crippen LogP contribution is 2.25. The highest BCUT2D eigenvalue weighted by molar-refractivity contribution is 9.10. The van der Waals surface area contributed by atoms with Crippen LogP contribution in [-0.4, -0.2) is 13.1 Å². The van der Waals surface area contributed by atoms with Gasteiger partial charge in [0.15, 0.2) is 0 Å². The summed E-state index contributed by atoms with van der Waals surface area (Å²) in [6, 6.07) is 8.74. The highest BCUT2D eigenvalue weighted by Gasteiger charge is 2.14. The van der Waals surface area contributed by atoms with Crippen molar-refractivity contribution in [3.8, 4) is 0 Å². The topological polar surface area (TPSA) is 12.0 Å². The molecular formula is C11H15BrClN. The van der Waals surface area contributed by atoms with Crippen LogP contribution in [0.15, 0.2) is 28.7 Å². The molecule has 2 rings (SSSR count). The van der Waals surface area contributed by atoms with Gasteiger partial charge < -0.3 is 5.32 Å². The Hall–Kier alpha value is -0.0500. The van der Waals surface area contributed by atoms with E-state index in [4.69, 9.17) is 0 Å². The third kappa shape index (κ3) is 2.97. The Bertz CT molecular complexity index is 267. The quantitative estimate of drug-likeness (QED) is 0.829. The van der Waals surface area contributed by atoms with Crippen LogP contribution in [-0.2, 0) is 0 Å². The van der Waals surface area contributed by atoms with Gasteiger partial charge in [0.25, 0.3) is 0 Å². The molecule has 0 aromatic heterocycles. The first-order chi connectivity index (χ1) is 6.36. The first-order valence-corrected chi connectivity index (χ1v) is 5.62. The number of hydrogen-bond donors (Lipinski definition) is 1. The van der Waals surface area contributed by atoms with Gasteiger partial charge in [0.2, 0.25) is 0 Å². The van der Waals surface area contributed by atoms with Crippen molar-refractivity contribution in [2.45, 2.75) is 18.8 Å². The zero-order valence-electron chi connectivity index (χ0n) is 8.00. The fraction of sp³-hybridized carbons (Fsp3) is 0.455. The molecule has 78 valence electrons. The van der Waals surface area contributed by atoms with Gasteiger partial charge >= 0.3 is 0 Å². The molecule has 0 aliphatic carbocycles. The standard InChI is InChI=1S/C11H14BrN.ClH/c12-11-3-1-9(2-4-11)10-5-7-13-8-6-10;/h1-4,10,13H,5-8H2;1H. The summed E-state index contributed by atoms with van der Waals surface area (Å²) in [5.74, 6) is 0.773. The van der Waals surface area contributed by atoms with E-state index >= 15 is 0 Å². The summed E-state index contributed by atoms with van der Waals surface area (Å²) in [4.78, 5) is 0. The van der Waals surface area contributed by atoms with E-state index in [2.05, 4.69) is 45.5 Å². The van der Waals surface area contributed by atoms with Crippen LogP contribution in [0, 0.1) is 0 Å². The number of benzene rings is 1. The molecule has 0 amide bonds. The first-order valence-electron chi connectivity index (χ1n) is 4.82. The van der Waals surface area contributed by atoms with Gasteiger partial charge in [-0.3, -0.25) is 0 Å². The molecule has 0 unspecified atom stereocenters. The molecule has 1 heterocycles. The average Bonchev–Trinajstić information content (AvgIpc) is 2.20. The number of piperidine rings is 1. The van der Waals surface area contributed by atoms with Gasteiger partial charge in [0.05, 0.1) is 0 Å². The molecule has 1 aromatic carbocycles. The van der Waals surface area contributed by atoms with Gasteiger partial charge in [0, 0.05) is 4.47 Å². The van der Waals surface area contributed by atoms with Crippen LogP contribution in [0.4, 0.5) is 0 Å². The smallest absolute Gasteiger partial charge is 0.0175 e. The van der Waals surface area contributed by atoms with Crippen LogP contribution < -0.4 is 5.32 Å². The second-order valence-corrected chi connectivity index (χ2v) is 4.49. The van der Waals surface area contributed by atoms with Crippen molar-refractivity contribution in [2.75, 3.05) is 13.1 Å². The fourth-order valence-electron chi connectivity index (χ4n) is 1.89. The van der Waals surface area contributed by atoms with Gasteiger partial charge in [-0.1, -0.05) is 28.1 Å². The van der Waals surface area contributed by atoms with E-state index < -0.39 is 0 Å². The first kappa shape index (κ1) is 12.0. The lowest BCUT2D eigenvalue weighted by Gasteiger charge is -2.22. The lowest BCUT2D eigenvalue weighted by atomic mass is 9.90. The number of halogens is 2. The van der Waals surface area contributed by atoms with E-state index in [0.717, 1.165) is 5.92 Å².